The Morgan fingerprint density at radius 2 is 1.75 bits per heavy atom. The average Bonchev–Trinajstić information content (AvgIpc) is 4.01. The molecule has 6 amide bonds. The zero-order valence-corrected chi connectivity index (χ0v) is 44.0. The van der Waals surface area contributed by atoms with E-state index in [9.17, 15) is 29.2 Å². The first-order valence-electron chi connectivity index (χ1n) is 25.4. The number of benzene rings is 4. The Balaban J connectivity index is 0.806. The fourth-order valence-electron chi connectivity index (χ4n) is 10.9. The highest BCUT2D eigenvalue weighted by Gasteiger charge is 2.41. The van der Waals surface area contributed by atoms with E-state index < -0.39 is 47.6 Å². The minimum Gasteiger partial charge on any atom is -0.495 e. The molecule has 6 heterocycles. The number of fused-ring (bicyclic) bond motifs is 3. The molecule has 0 bridgehead atoms. The fourth-order valence-corrected chi connectivity index (χ4v) is 11.4. The van der Waals surface area contributed by atoms with Gasteiger partial charge in [-0.2, -0.15) is 15.2 Å². The van der Waals surface area contributed by atoms with E-state index in [0.29, 0.717) is 61.2 Å². The number of amides is 6. The van der Waals surface area contributed by atoms with Gasteiger partial charge in [0.05, 0.1) is 59.2 Å². The topological polar surface area (TPSA) is 215 Å². The maximum absolute atomic E-state index is 15.4. The smallest absolute Gasteiger partial charge is 0.319 e. The second-order valence-electron chi connectivity index (χ2n) is 19.8. The molecule has 1 unspecified atom stereocenters. The first-order chi connectivity index (χ1) is 37.2. The van der Waals surface area contributed by atoms with Gasteiger partial charge < -0.3 is 49.3 Å². The number of carbonyl (C=O) groups is 5. The van der Waals surface area contributed by atoms with Gasteiger partial charge in [-0.15, -0.1) is 0 Å². The molecule has 3 atom stereocenters. The standard InChI is InChI=1S/C55H56Cl2FN11O8/c1-31(29-76-46-23-39(57)45(75-3)24-41(46)61-54(74)60-25-32-21-34-26-69(53(73)49(34)40(58)22-32)44-12-13-47(70)63-51(44)71)52(72)68-20-19-67(27-35(68)14-16-59)50-37-15-18-66(43-11-5-8-33-7-4-10-38(56)48(33)43)28-42(37)62-55(64-50)77-30-36-9-6-17-65(36)2/h4-5,7-8,10-11,21-24,35-36,44H,1,6,9,12-15,17-20,25-30H2,2-3H3,(H2,60,61,74)(H,63,70,71)/t35-,36-,44?/m0/s1. The minimum absolute atomic E-state index is 0.0327. The summed E-state index contributed by atoms with van der Waals surface area (Å²) in [5.41, 5.74) is 3.56. The number of halogens is 3. The molecular weight excluding hydrogens is 1030 g/mol. The van der Waals surface area contributed by atoms with Crippen LogP contribution in [0.4, 0.5) is 26.4 Å². The number of rotatable bonds is 15. The third-order valence-electron chi connectivity index (χ3n) is 14.9. The predicted octanol–water partition coefficient (Wildman–Crippen LogP) is 6.77. The van der Waals surface area contributed by atoms with Gasteiger partial charge in [-0.25, -0.2) is 9.18 Å². The van der Waals surface area contributed by atoms with Crippen molar-refractivity contribution in [3.63, 3.8) is 0 Å². The van der Waals surface area contributed by atoms with Gasteiger partial charge in [-0.1, -0.05) is 60.1 Å². The van der Waals surface area contributed by atoms with Crippen LogP contribution in [0.1, 0.15) is 64.8 Å². The number of likely N-dealkylation sites (tertiary alicyclic amines) is 1. The van der Waals surface area contributed by atoms with Crippen molar-refractivity contribution >= 4 is 80.8 Å². The lowest BCUT2D eigenvalue weighted by Gasteiger charge is -2.42. The fraction of sp³-hybridized carbons (Fsp3) is 0.382. The zero-order chi connectivity index (χ0) is 54.1. The summed E-state index contributed by atoms with van der Waals surface area (Å²) in [6, 6.07) is 18.3. The van der Waals surface area contributed by atoms with Crippen LogP contribution in [0.15, 0.2) is 72.8 Å². The first-order valence-corrected chi connectivity index (χ1v) is 26.2. The summed E-state index contributed by atoms with van der Waals surface area (Å²) in [5.74, 6) is -1.91. The number of hydrogen-bond acceptors (Lipinski definition) is 14. The molecule has 3 N–H and O–H groups in total. The number of carbonyl (C=O) groups excluding carboxylic acids is 5. The van der Waals surface area contributed by atoms with Crippen molar-refractivity contribution in [2.24, 2.45) is 0 Å². The average molecular weight is 1090 g/mol. The third-order valence-corrected chi connectivity index (χ3v) is 15.5. The van der Waals surface area contributed by atoms with E-state index in [0.717, 1.165) is 53.2 Å². The molecule has 3 fully saturated rings. The van der Waals surface area contributed by atoms with Crippen molar-refractivity contribution in [2.45, 2.75) is 76.3 Å². The number of piperazine rings is 1. The van der Waals surface area contributed by atoms with E-state index in [1.165, 1.54) is 24.1 Å². The lowest BCUT2D eigenvalue weighted by Crippen LogP contribution is -2.56. The number of anilines is 3. The van der Waals surface area contributed by atoms with Crippen LogP contribution in [0.3, 0.4) is 0 Å². The van der Waals surface area contributed by atoms with Gasteiger partial charge in [-0.05, 0) is 74.0 Å². The Morgan fingerprint density at radius 1 is 0.935 bits per heavy atom. The molecule has 0 saturated carbocycles. The minimum atomic E-state index is -0.915. The highest BCUT2D eigenvalue weighted by Crippen LogP contribution is 2.39. The van der Waals surface area contributed by atoms with Crippen LogP contribution in [-0.4, -0.2) is 133 Å². The summed E-state index contributed by atoms with van der Waals surface area (Å²) in [4.78, 5) is 84.7. The van der Waals surface area contributed by atoms with E-state index in [-0.39, 0.29) is 90.9 Å². The Hall–Kier alpha value is -7.73. The molecule has 5 aliphatic rings. The predicted molar refractivity (Wildman–Crippen MR) is 286 cm³/mol. The van der Waals surface area contributed by atoms with Gasteiger partial charge in [0.25, 0.3) is 11.8 Å². The molecule has 77 heavy (non-hydrogen) atoms. The Morgan fingerprint density at radius 3 is 2.52 bits per heavy atom. The van der Waals surface area contributed by atoms with Crippen LogP contribution < -0.4 is 40.0 Å². The first kappa shape index (κ1) is 52.7. The van der Waals surface area contributed by atoms with Gasteiger partial charge in [0.1, 0.15) is 42.4 Å². The van der Waals surface area contributed by atoms with Crippen molar-refractivity contribution in [2.75, 3.05) is 75.2 Å². The number of nitriles is 1. The third kappa shape index (κ3) is 11.0. The van der Waals surface area contributed by atoms with Crippen LogP contribution in [0.2, 0.25) is 10.0 Å². The number of aromatic nitrogens is 2. The lowest BCUT2D eigenvalue weighted by atomic mass is 10.0. The van der Waals surface area contributed by atoms with Crippen LogP contribution in [0.25, 0.3) is 10.8 Å². The Bertz CT molecular complexity index is 3260. The number of methoxy groups -OCH3 is 1. The summed E-state index contributed by atoms with van der Waals surface area (Å²) in [6.07, 6.45) is 2.95. The highest BCUT2D eigenvalue weighted by atomic mass is 35.5. The second kappa shape index (κ2) is 22.5. The molecular formula is C55H56Cl2FN11O8. The highest BCUT2D eigenvalue weighted by molar-refractivity contribution is 6.36. The molecule has 19 nitrogen and oxygen atoms in total. The number of nitrogens with one attached hydrogen (secondary N) is 3. The van der Waals surface area contributed by atoms with Crippen LogP contribution in [-0.2, 0) is 40.4 Å². The van der Waals surface area contributed by atoms with Crippen molar-refractivity contribution in [1.82, 2.24) is 35.3 Å². The number of ether oxygens (including phenoxy) is 3. The van der Waals surface area contributed by atoms with E-state index >= 15 is 4.39 Å². The normalized spacial score (nSPS) is 19.4. The largest absolute Gasteiger partial charge is 0.495 e. The van der Waals surface area contributed by atoms with Crippen molar-refractivity contribution < 1.29 is 42.6 Å². The summed E-state index contributed by atoms with van der Waals surface area (Å²) >= 11 is 13.3. The summed E-state index contributed by atoms with van der Waals surface area (Å²) in [6.45, 7) is 7.12. The summed E-state index contributed by atoms with van der Waals surface area (Å²) in [5, 5.41) is 20.6. The van der Waals surface area contributed by atoms with Gasteiger partial charge in [-0.3, -0.25) is 24.5 Å². The van der Waals surface area contributed by atoms with Crippen molar-refractivity contribution in [3.05, 3.63) is 117 Å². The molecule has 1 aromatic heterocycles. The number of likely N-dealkylation sites (N-methyl/N-ethyl adjacent to an activating group) is 1. The second-order valence-corrected chi connectivity index (χ2v) is 20.6. The van der Waals surface area contributed by atoms with E-state index in [4.69, 9.17) is 47.4 Å². The van der Waals surface area contributed by atoms with Crippen LogP contribution in [0, 0.1) is 17.1 Å². The number of urea groups is 1. The maximum atomic E-state index is 15.4. The summed E-state index contributed by atoms with van der Waals surface area (Å²) in [7, 11) is 3.49. The number of piperidine rings is 1. The summed E-state index contributed by atoms with van der Waals surface area (Å²) < 4.78 is 33.3. The van der Waals surface area contributed by atoms with E-state index in [1.54, 1.807) is 11.0 Å². The van der Waals surface area contributed by atoms with Gasteiger partial charge in [0.2, 0.25) is 11.8 Å². The number of hydrogen-bond donors (Lipinski definition) is 3. The molecule has 400 valence electrons. The quantitative estimate of drug-likeness (QED) is 0.0729. The number of nitrogens with zero attached hydrogens (tertiary/aromatic N) is 8. The molecule has 3 saturated heterocycles. The molecule has 0 aliphatic carbocycles. The van der Waals surface area contributed by atoms with Gasteiger partial charge in [0.15, 0.2) is 0 Å². The van der Waals surface area contributed by atoms with Gasteiger partial charge in [0, 0.05) is 86.1 Å². The van der Waals surface area contributed by atoms with Crippen molar-refractivity contribution in [3.8, 4) is 23.6 Å². The Labute approximate surface area is 453 Å². The molecule has 0 spiro atoms. The maximum Gasteiger partial charge on any atom is 0.319 e. The van der Waals surface area contributed by atoms with E-state index in [2.05, 4.69) is 68.5 Å². The molecule has 5 aromatic rings. The molecule has 5 aliphatic heterocycles. The van der Waals surface area contributed by atoms with Crippen LogP contribution in [0.5, 0.6) is 17.5 Å². The van der Waals surface area contributed by atoms with E-state index in [1.807, 2.05) is 18.2 Å². The molecule has 0 radical (unpaired) electrons. The monoisotopic (exact) mass is 1090 g/mol. The zero-order valence-electron chi connectivity index (χ0n) is 42.5. The molecule has 10 rings (SSSR count). The Kier molecular flexibility index (Phi) is 15.4. The number of imide groups is 1. The lowest BCUT2D eigenvalue weighted by molar-refractivity contribution is -0.137. The van der Waals surface area contributed by atoms with Crippen molar-refractivity contribution in [1.29, 1.82) is 5.26 Å². The molecule has 4 aromatic carbocycles. The SMILES string of the molecule is C=C(COc1cc(Cl)c(OC)cc1NC(=O)NCc1cc(F)c2c(c1)CN(C1CCC(=O)NC1=O)C2=O)C(=O)N1CCN(c2nc(OC[C@@H]3CCCN3C)nc3c2CCN(c2cccc4cccc(Cl)c24)C3)C[C@@H]1CC#N. The van der Waals surface area contributed by atoms with Gasteiger partial charge >= 0.3 is 12.0 Å². The molecule has 22 heteroatoms. The van der Waals surface area contributed by atoms with Crippen LogP contribution >= 0.6 is 23.2 Å².